The average molecular weight is 339 g/mol. The number of carbonyl (C=O) groups is 2. The van der Waals surface area contributed by atoms with Crippen molar-refractivity contribution in [3.8, 4) is 0 Å². The fraction of sp³-hybridized carbons (Fsp3) is 0.333. The summed E-state index contributed by atoms with van der Waals surface area (Å²) in [5.41, 5.74) is -0.102. The van der Waals surface area contributed by atoms with Crippen LogP contribution in [0.3, 0.4) is 0 Å². The number of amides is 1. The Kier molecular flexibility index (Phi) is 5.70. The highest BCUT2D eigenvalue weighted by Gasteiger charge is 2.17. The number of ether oxygens (including phenoxy) is 1. The average Bonchev–Trinajstić information content (AvgIpc) is 3.00. The smallest absolute Gasteiger partial charge is 0.306 e. The lowest BCUT2D eigenvalue weighted by Gasteiger charge is -2.09. The van der Waals surface area contributed by atoms with Gasteiger partial charge in [0.2, 0.25) is 0 Å². The van der Waals surface area contributed by atoms with E-state index in [2.05, 4.69) is 5.32 Å². The highest BCUT2D eigenvalue weighted by molar-refractivity contribution is 6.32. The Hall–Kier alpha value is -2.41. The van der Waals surface area contributed by atoms with Gasteiger partial charge in [0.1, 0.15) is 5.02 Å². The topological polar surface area (TPSA) is 98.5 Å². The maximum Gasteiger partial charge on any atom is 0.306 e. The highest BCUT2D eigenvalue weighted by atomic mass is 35.5. The van der Waals surface area contributed by atoms with Crippen LogP contribution in [0.1, 0.15) is 19.3 Å². The number of nitrogens with one attached hydrogen (secondary N) is 1. The first-order valence-corrected chi connectivity index (χ1v) is 7.39. The predicted molar refractivity (Wildman–Crippen MR) is 84.2 cm³/mol. The first-order valence-electron chi connectivity index (χ1n) is 7.02. The van der Waals surface area contributed by atoms with E-state index in [1.807, 2.05) is 12.2 Å². The van der Waals surface area contributed by atoms with Crippen molar-refractivity contribution in [3.05, 3.63) is 45.5 Å². The number of hydrogen-bond acceptors (Lipinski definition) is 5. The molecular formula is C15H15ClN2O5. The molecule has 0 saturated heterocycles. The van der Waals surface area contributed by atoms with Gasteiger partial charge in [-0.05, 0) is 30.9 Å². The third kappa shape index (κ3) is 5.07. The Morgan fingerprint density at radius 1 is 1.43 bits per heavy atom. The zero-order valence-electron chi connectivity index (χ0n) is 12.2. The fourth-order valence-corrected chi connectivity index (χ4v) is 2.40. The molecule has 8 heteroatoms. The molecule has 0 spiro atoms. The van der Waals surface area contributed by atoms with E-state index >= 15 is 0 Å². The zero-order valence-corrected chi connectivity index (χ0v) is 12.9. The van der Waals surface area contributed by atoms with Crippen LogP contribution < -0.4 is 5.32 Å². The number of allylic oxidation sites excluding steroid dienone is 2. The van der Waals surface area contributed by atoms with E-state index in [1.54, 1.807) is 0 Å². The molecule has 0 aromatic heterocycles. The summed E-state index contributed by atoms with van der Waals surface area (Å²) >= 11 is 5.68. The molecule has 1 N–H and O–H groups in total. The lowest BCUT2D eigenvalue weighted by molar-refractivity contribution is -0.384. The molecular weight excluding hydrogens is 324 g/mol. The monoisotopic (exact) mass is 338 g/mol. The second-order valence-corrected chi connectivity index (χ2v) is 5.51. The van der Waals surface area contributed by atoms with E-state index in [4.69, 9.17) is 16.3 Å². The number of nitro groups is 1. The first kappa shape index (κ1) is 17.0. The zero-order chi connectivity index (χ0) is 16.8. The van der Waals surface area contributed by atoms with Crippen LogP contribution in [-0.4, -0.2) is 23.4 Å². The van der Waals surface area contributed by atoms with Gasteiger partial charge in [0, 0.05) is 11.8 Å². The lowest BCUT2D eigenvalue weighted by atomic mass is 10.1. The Morgan fingerprint density at radius 3 is 2.87 bits per heavy atom. The van der Waals surface area contributed by atoms with Crippen LogP contribution in [0.15, 0.2) is 30.4 Å². The highest BCUT2D eigenvalue weighted by Crippen LogP contribution is 2.27. The van der Waals surface area contributed by atoms with Gasteiger partial charge in [-0.25, -0.2) is 0 Å². The third-order valence-corrected chi connectivity index (χ3v) is 3.65. The number of hydrogen-bond donors (Lipinski definition) is 1. The summed E-state index contributed by atoms with van der Waals surface area (Å²) in [5, 5.41) is 13.2. The minimum atomic E-state index is -0.646. The quantitative estimate of drug-likeness (QED) is 0.372. The van der Waals surface area contributed by atoms with Crippen LogP contribution in [0.5, 0.6) is 0 Å². The van der Waals surface area contributed by atoms with Crippen LogP contribution in [0.2, 0.25) is 5.02 Å². The summed E-state index contributed by atoms with van der Waals surface area (Å²) in [4.78, 5) is 33.4. The number of rotatable bonds is 6. The van der Waals surface area contributed by atoms with E-state index < -0.39 is 23.4 Å². The van der Waals surface area contributed by atoms with E-state index in [0.717, 1.165) is 18.9 Å². The van der Waals surface area contributed by atoms with Crippen molar-refractivity contribution >= 4 is 34.9 Å². The summed E-state index contributed by atoms with van der Waals surface area (Å²) in [7, 11) is 0. The van der Waals surface area contributed by atoms with Gasteiger partial charge in [-0.3, -0.25) is 19.7 Å². The second kappa shape index (κ2) is 7.73. The van der Waals surface area contributed by atoms with Crippen molar-refractivity contribution in [2.75, 3.05) is 11.9 Å². The molecule has 2 rings (SSSR count). The first-order chi connectivity index (χ1) is 11.0. The summed E-state index contributed by atoms with van der Waals surface area (Å²) in [5.74, 6) is -0.847. The van der Waals surface area contributed by atoms with E-state index in [-0.39, 0.29) is 28.7 Å². The standard InChI is InChI=1S/C15H15ClN2O5/c16-12-6-5-11(8-13(12)18(21)22)17-14(19)9-23-15(20)7-10-3-1-2-4-10/h1,3,5-6,8,10H,2,4,7,9H2,(H,17,19)/t10-/m0/s1. The van der Waals surface area contributed by atoms with Crippen molar-refractivity contribution in [1.29, 1.82) is 0 Å². The maximum absolute atomic E-state index is 11.7. The molecule has 1 aromatic carbocycles. The van der Waals surface area contributed by atoms with Gasteiger partial charge < -0.3 is 10.1 Å². The summed E-state index contributed by atoms with van der Waals surface area (Å²) in [6.07, 6.45) is 6.09. The minimum Gasteiger partial charge on any atom is -0.456 e. The molecule has 1 atom stereocenters. The van der Waals surface area contributed by atoms with Gasteiger partial charge in [-0.1, -0.05) is 23.8 Å². The van der Waals surface area contributed by atoms with Gasteiger partial charge in [-0.15, -0.1) is 0 Å². The number of carbonyl (C=O) groups excluding carboxylic acids is 2. The molecule has 23 heavy (non-hydrogen) atoms. The van der Waals surface area contributed by atoms with Gasteiger partial charge in [0.15, 0.2) is 6.61 Å². The van der Waals surface area contributed by atoms with Crippen LogP contribution >= 0.6 is 11.6 Å². The van der Waals surface area contributed by atoms with Crippen molar-refractivity contribution < 1.29 is 19.2 Å². The Morgan fingerprint density at radius 2 is 2.22 bits per heavy atom. The molecule has 0 saturated carbocycles. The normalized spacial score (nSPS) is 16.1. The largest absolute Gasteiger partial charge is 0.456 e. The molecule has 1 amide bonds. The third-order valence-electron chi connectivity index (χ3n) is 3.33. The summed E-state index contributed by atoms with van der Waals surface area (Å²) in [6, 6.07) is 3.89. The van der Waals surface area contributed by atoms with Crippen molar-refractivity contribution in [3.63, 3.8) is 0 Å². The molecule has 7 nitrogen and oxygen atoms in total. The van der Waals surface area contributed by atoms with E-state index in [0.29, 0.717) is 0 Å². The molecule has 1 aliphatic carbocycles. The van der Waals surface area contributed by atoms with E-state index in [1.165, 1.54) is 12.1 Å². The lowest BCUT2D eigenvalue weighted by Crippen LogP contribution is -2.21. The van der Waals surface area contributed by atoms with Gasteiger partial charge >= 0.3 is 5.97 Å². The minimum absolute atomic E-state index is 0.0240. The fourth-order valence-electron chi connectivity index (χ4n) is 2.21. The molecule has 0 bridgehead atoms. The molecule has 0 unspecified atom stereocenters. The molecule has 1 aromatic rings. The second-order valence-electron chi connectivity index (χ2n) is 5.10. The van der Waals surface area contributed by atoms with Crippen LogP contribution in [0, 0.1) is 16.0 Å². The Bertz CT molecular complexity index is 659. The van der Waals surface area contributed by atoms with Gasteiger partial charge in [0.05, 0.1) is 11.3 Å². The maximum atomic E-state index is 11.7. The number of esters is 1. The van der Waals surface area contributed by atoms with Crippen molar-refractivity contribution in [1.82, 2.24) is 0 Å². The molecule has 0 radical (unpaired) electrons. The van der Waals surface area contributed by atoms with Crippen LogP contribution in [0.4, 0.5) is 11.4 Å². The number of nitrogens with zero attached hydrogens (tertiary/aromatic N) is 1. The van der Waals surface area contributed by atoms with Crippen LogP contribution in [0.25, 0.3) is 0 Å². The SMILES string of the molecule is O=C(COC(=O)C[C@H]1C=CCC1)Nc1ccc(Cl)c([N+](=O)[O-])c1. The molecule has 0 aliphatic heterocycles. The predicted octanol–water partition coefficient (Wildman–Crippen LogP) is 3.09. The molecule has 0 fully saturated rings. The Labute approximate surface area is 137 Å². The number of nitro benzene ring substituents is 1. The van der Waals surface area contributed by atoms with Crippen molar-refractivity contribution in [2.45, 2.75) is 19.3 Å². The summed E-state index contributed by atoms with van der Waals surface area (Å²) < 4.78 is 4.89. The van der Waals surface area contributed by atoms with Crippen molar-refractivity contribution in [2.24, 2.45) is 5.92 Å². The Balaban J connectivity index is 1.82. The number of halogens is 1. The summed E-state index contributed by atoms with van der Waals surface area (Å²) in [6.45, 7) is -0.439. The molecule has 122 valence electrons. The number of anilines is 1. The molecule has 0 heterocycles. The van der Waals surface area contributed by atoms with Gasteiger partial charge in [-0.2, -0.15) is 0 Å². The van der Waals surface area contributed by atoms with E-state index in [9.17, 15) is 19.7 Å². The number of benzene rings is 1. The van der Waals surface area contributed by atoms with Gasteiger partial charge in [0.25, 0.3) is 11.6 Å². The molecule has 1 aliphatic rings. The van der Waals surface area contributed by atoms with Crippen LogP contribution in [-0.2, 0) is 14.3 Å².